The Morgan fingerprint density at radius 3 is 2.64 bits per heavy atom. The Bertz CT molecular complexity index is 579. The van der Waals surface area contributed by atoms with Crippen molar-refractivity contribution in [1.82, 2.24) is 10.2 Å². The molecule has 25 heavy (non-hydrogen) atoms. The molecule has 0 aromatic rings. The molecule has 4 heteroatoms. The van der Waals surface area contributed by atoms with Gasteiger partial charge in [-0.05, 0) is 56.6 Å². The number of amides is 1. The molecule has 1 N–H and O–H groups in total. The van der Waals surface area contributed by atoms with Gasteiger partial charge in [0.1, 0.15) is 0 Å². The fraction of sp³-hybridized carbons (Fsp3) is 0.667. The molecule has 1 fully saturated rings. The van der Waals surface area contributed by atoms with Crippen LogP contribution in [0.3, 0.4) is 0 Å². The van der Waals surface area contributed by atoms with Crippen molar-refractivity contribution < 1.29 is 4.79 Å². The van der Waals surface area contributed by atoms with E-state index in [0.717, 1.165) is 43.8 Å². The molecule has 2 atom stereocenters. The van der Waals surface area contributed by atoms with Crippen molar-refractivity contribution >= 4 is 18.5 Å². The van der Waals surface area contributed by atoms with Gasteiger partial charge in [-0.1, -0.05) is 44.6 Å². The van der Waals surface area contributed by atoms with E-state index in [-0.39, 0.29) is 17.4 Å². The first-order valence-corrected chi connectivity index (χ1v) is 9.89. The third-order valence-electron chi connectivity index (χ3n) is 4.82. The van der Waals surface area contributed by atoms with Crippen LogP contribution in [0.4, 0.5) is 0 Å². The Morgan fingerprint density at radius 1 is 1.36 bits per heavy atom. The van der Waals surface area contributed by atoms with E-state index < -0.39 is 0 Å². The lowest BCUT2D eigenvalue weighted by Crippen LogP contribution is -2.46. The lowest BCUT2D eigenvalue weighted by atomic mass is 9.95. The maximum absolute atomic E-state index is 12.6. The van der Waals surface area contributed by atoms with Crippen molar-refractivity contribution in [2.24, 2.45) is 11.3 Å². The molecule has 2 rings (SSSR count). The average Bonchev–Trinajstić information content (AvgIpc) is 2.98. The van der Waals surface area contributed by atoms with Crippen LogP contribution in [-0.2, 0) is 4.79 Å². The first-order chi connectivity index (χ1) is 11.7. The van der Waals surface area contributed by atoms with Gasteiger partial charge in [0.2, 0.25) is 5.91 Å². The summed E-state index contributed by atoms with van der Waals surface area (Å²) in [4.78, 5) is 16.0. The molecule has 0 radical (unpaired) electrons. The monoisotopic (exact) mass is 362 g/mol. The number of rotatable bonds is 5. The van der Waals surface area contributed by atoms with Crippen molar-refractivity contribution in [2.75, 3.05) is 19.6 Å². The Hall–Kier alpha value is -1.00. The summed E-state index contributed by atoms with van der Waals surface area (Å²) in [6.45, 7) is 13.6. The summed E-state index contributed by atoms with van der Waals surface area (Å²) in [6.07, 6.45) is 9.63. The predicted octanol–water partition coefficient (Wildman–Crippen LogP) is 4.34. The third-order valence-corrected chi connectivity index (χ3v) is 5.52. The quantitative estimate of drug-likeness (QED) is 0.713. The summed E-state index contributed by atoms with van der Waals surface area (Å²) in [6, 6.07) is 0.0487. The van der Waals surface area contributed by atoms with Crippen molar-refractivity contribution in [3.63, 3.8) is 0 Å². The molecule has 0 spiro atoms. The molecular formula is C21H34N2OS. The van der Waals surface area contributed by atoms with Gasteiger partial charge in [-0.15, -0.1) is 12.6 Å². The lowest BCUT2D eigenvalue weighted by molar-refractivity contribution is -0.125. The topological polar surface area (TPSA) is 32.3 Å². The second kappa shape index (κ2) is 8.59. The van der Waals surface area contributed by atoms with Gasteiger partial charge < -0.3 is 5.32 Å². The van der Waals surface area contributed by atoms with E-state index in [0.29, 0.717) is 5.92 Å². The summed E-state index contributed by atoms with van der Waals surface area (Å²) in [5.41, 5.74) is 2.65. The Kier molecular flexibility index (Phi) is 6.98. The third kappa shape index (κ3) is 6.03. The minimum atomic E-state index is 0.0487. The van der Waals surface area contributed by atoms with Crippen LogP contribution < -0.4 is 5.32 Å². The number of nitrogens with one attached hydrogen (secondary N) is 1. The second-order valence-electron chi connectivity index (χ2n) is 8.80. The number of nitrogens with zero attached hydrogens (tertiary/aromatic N) is 1. The summed E-state index contributed by atoms with van der Waals surface area (Å²) in [7, 11) is 0. The van der Waals surface area contributed by atoms with E-state index in [1.165, 1.54) is 11.1 Å². The number of carbonyl (C=O) groups is 1. The Labute approximate surface area is 159 Å². The molecule has 1 amide bonds. The van der Waals surface area contributed by atoms with Gasteiger partial charge >= 0.3 is 0 Å². The van der Waals surface area contributed by atoms with Crippen LogP contribution in [0.5, 0.6) is 0 Å². The molecule has 0 aromatic carbocycles. The summed E-state index contributed by atoms with van der Waals surface area (Å²) >= 11 is 4.57. The minimum absolute atomic E-state index is 0.0487. The number of thiol groups is 1. The standard InChI is InChI=1S/C21H34N2OS/c1-15(2)19(25)17-10-8-16(9-11-17)13-22-20(24)18-7-6-12-23(18)14-21(3,4)5/h8,10-11,16,18,25H,6-7,9,12-14H2,1-5H3,(H,22,24). The zero-order valence-corrected chi connectivity index (χ0v) is 17.3. The molecular weight excluding hydrogens is 328 g/mol. The normalized spacial score (nSPS) is 24.2. The van der Waals surface area contributed by atoms with Crippen LogP contribution in [-0.4, -0.2) is 36.5 Å². The molecule has 3 nitrogen and oxygen atoms in total. The molecule has 2 aliphatic rings. The molecule has 1 saturated heterocycles. The highest BCUT2D eigenvalue weighted by atomic mass is 32.1. The van der Waals surface area contributed by atoms with Crippen molar-refractivity contribution in [3.05, 3.63) is 34.3 Å². The van der Waals surface area contributed by atoms with Gasteiger partial charge in [0.05, 0.1) is 6.04 Å². The number of likely N-dealkylation sites (tertiary alicyclic amines) is 1. The van der Waals surface area contributed by atoms with Gasteiger partial charge in [0, 0.05) is 18.0 Å². The van der Waals surface area contributed by atoms with E-state index in [1.807, 2.05) is 0 Å². The van der Waals surface area contributed by atoms with Crippen LogP contribution in [0, 0.1) is 11.3 Å². The SMILES string of the molecule is CC(C)=C(S)C1=CCC(CNC(=O)C2CCCN2CC(C)(C)C)C=C1. The first-order valence-electron chi connectivity index (χ1n) is 9.44. The van der Waals surface area contributed by atoms with Crippen LogP contribution in [0.25, 0.3) is 0 Å². The highest BCUT2D eigenvalue weighted by Gasteiger charge is 2.32. The second-order valence-corrected chi connectivity index (χ2v) is 9.24. The zero-order valence-electron chi connectivity index (χ0n) is 16.4. The smallest absolute Gasteiger partial charge is 0.237 e. The van der Waals surface area contributed by atoms with Crippen LogP contribution >= 0.6 is 12.6 Å². The minimum Gasteiger partial charge on any atom is -0.354 e. The van der Waals surface area contributed by atoms with Gasteiger partial charge in [-0.3, -0.25) is 9.69 Å². The van der Waals surface area contributed by atoms with E-state index in [4.69, 9.17) is 0 Å². The molecule has 1 aliphatic carbocycles. The van der Waals surface area contributed by atoms with E-state index in [9.17, 15) is 4.79 Å². The van der Waals surface area contributed by atoms with Crippen molar-refractivity contribution in [1.29, 1.82) is 0 Å². The largest absolute Gasteiger partial charge is 0.354 e. The maximum Gasteiger partial charge on any atom is 0.237 e. The maximum atomic E-state index is 12.6. The molecule has 140 valence electrons. The number of hydrogen-bond acceptors (Lipinski definition) is 3. The van der Waals surface area contributed by atoms with E-state index in [1.54, 1.807) is 0 Å². The highest BCUT2D eigenvalue weighted by molar-refractivity contribution is 7.84. The first kappa shape index (κ1) is 20.3. The number of allylic oxidation sites excluding steroid dienone is 4. The summed E-state index contributed by atoms with van der Waals surface area (Å²) < 4.78 is 0. The fourth-order valence-corrected chi connectivity index (χ4v) is 3.72. The number of carbonyl (C=O) groups excluding carboxylic acids is 1. The van der Waals surface area contributed by atoms with Gasteiger partial charge in [-0.2, -0.15) is 0 Å². The zero-order chi connectivity index (χ0) is 18.6. The Morgan fingerprint density at radius 2 is 2.08 bits per heavy atom. The van der Waals surface area contributed by atoms with Gasteiger partial charge in [-0.25, -0.2) is 0 Å². The highest BCUT2D eigenvalue weighted by Crippen LogP contribution is 2.26. The Balaban J connectivity index is 1.83. The van der Waals surface area contributed by atoms with Crippen molar-refractivity contribution in [3.8, 4) is 0 Å². The molecule has 0 saturated carbocycles. The predicted molar refractivity (Wildman–Crippen MR) is 110 cm³/mol. The van der Waals surface area contributed by atoms with Crippen LogP contribution in [0.15, 0.2) is 34.3 Å². The molecule has 0 aromatic heterocycles. The van der Waals surface area contributed by atoms with E-state index in [2.05, 4.69) is 75.7 Å². The summed E-state index contributed by atoms with van der Waals surface area (Å²) in [5.74, 6) is 0.576. The molecule has 1 aliphatic heterocycles. The van der Waals surface area contributed by atoms with Crippen LogP contribution in [0.2, 0.25) is 0 Å². The van der Waals surface area contributed by atoms with Crippen LogP contribution in [0.1, 0.15) is 53.9 Å². The van der Waals surface area contributed by atoms with E-state index >= 15 is 0 Å². The molecule has 0 bridgehead atoms. The number of hydrogen-bond donors (Lipinski definition) is 2. The van der Waals surface area contributed by atoms with Gasteiger partial charge in [0.15, 0.2) is 0 Å². The summed E-state index contributed by atoms with van der Waals surface area (Å²) in [5, 5.41) is 3.18. The van der Waals surface area contributed by atoms with Crippen molar-refractivity contribution in [2.45, 2.75) is 59.9 Å². The van der Waals surface area contributed by atoms with Gasteiger partial charge in [0.25, 0.3) is 0 Å². The lowest BCUT2D eigenvalue weighted by Gasteiger charge is -2.30. The molecule has 1 heterocycles. The molecule has 2 unspecified atom stereocenters. The fourth-order valence-electron chi connectivity index (χ4n) is 3.55. The average molecular weight is 363 g/mol.